The van der Waals surface area contributed by atoms with Crippen molar-refractivity contribution in [2.45, 2.75) is 33.4 Å². The molecule has 19 heavy (non-hydrogen) atoms. The van der Waals surface area contributed by atoms with Gasteiger partial charge in [-0.1, -0.05) is 0 Å². The summed E-state index contributed by atoms with van der Waals surface area (Å²) in [7, 11) is -2.93. The maximum atomic E-state index is 11.2. The van der Waals surface area contributed by atoms with Crippen LogP contribution in [0.15, 0.2) is 6.20 Å². The number of nitrogens with one attached hydrogen (secondary N) is 1. The van der Waals surface area contributed by atoms with Crippen LogP contribution in [-0.4, -0.2) is 44.5 Å². The molecule has 1 heterocycles. The number of aromatic nitrogens is 1. The number of sulfone groups is 1. The molecule has 0 aliphatic rings. The normalized spacial score (nSPS) is 13.5. The van der Waals surface area contributed by atoms with Crippen molar-refractivity contribution in [1.29, 1.82) is 0 Å². The van der Waals surface area contributed by atoms with Gasteiger partial charge in [0.25, 0.3) is 0 Å². The van der Waals surface area contributed by atoms with Crippen LogP contribution in [0.1, 0.15) is 25.6 Å². The highest BCUT2D eigenvalue weighted by molar-refractivity contribution is 7.90. The van der Waals surface area contributed by atoms with Gasteiger partial charge in [-0.05, 0) is 20.8 Å². The standard InChI is InChI=1S/C12H23N3O2S2/c1-5-15(6-2)12-14-8-11(18-12)7-13-10(3)9-19(4,16)17/h8,10,13H,5-7,9H2,1-4H3. The van der Waals surface area contributed by atoms with E-state index in [9.17, 15) is 8.42 Å². The first kappa shape index (κ1) is 16.4. The van der Waals surface area contributed by atoms with Crippen LogP contribution < -0.4 is 10.2 Å². The van der Waals surface area contributed by atoms with Crippen LogP contribution in [-0.2, 0) is 16.4 Å². The van der Waals surface area contributed by atoms with Gasteiger partial charge in [-0.3, -0.25) is 0 Å². The predicted molar refractivity (Wildman–Crippen MR) is 81.7 cm³/mol. The van der Waals surface area contributed by atoms with Crippen molar-refractivity contribution in [2.75, 3.05) is 30.0 Å². The largest absolute Gasteiger partial charge is 0.349 e. The second-order valence-electron chi connectivity index (χ2n) is 4.66. The summed E-state index contributed by atoms with van der Waals surface area (Å²) in [4.78, 5) is 7.73. The zero-order valence-electron chi connectivity index (χ0n) is 12.0. The number of rotatable bonds is 8. The summed E-state index contributed by atoms with van der Waals surface area (Å²) in [5.74, 6) is 0.161. The molecule has 110 valence electrons. The topological polar surface area (TPSA) is 62.3 Å². The van der Waals surface area contributed by atoms with Gasteiger partial charge in [-0.15, -0.1) is 11.3 Å². The highest BCUT2D eigenvalue weighted by Crippen LogP contribution is 2.22. The van der Waals surface area contributed by atoms with Crippen LogP contribution in [0.5, 0.6) is 0 Å². The van der Waals surface area contributed by atoms with E-state index in [0.717, 1.165) is 23.1 Å². The predicted octanol–water partition coefficient (Wildman–Crippen LogP) is 1.51. The molecule has 1 aromatic heterocycles. The summed E-state index contributed by atoms with van der Waals surface area (Å²) in [6.45, 7) is 8.65. The Balaban J connectivity index is 2.50. The van der Waals surface area contributed by atoms with Crippen molar-refractivity contribution in [2.24, 2.45) is 0 Å². The van der Waals surface area contributed by atoms with Crippen molar-refractivity contribution < 1.29 is 8.42 Å². The van der Waals surface area contributed by atoms with Gasteiger partial charge < -0.3 is 10.2 Å². The lowest BCUT2D eigenvalue weighted by Gasteiger charge is -2.16. The van der Waals surface area contributed by atoms with E-state index in [2.05, 4.69) is 29.0 Å². The average molecular weight is 305 g/mol. The van der Waals surface area contributed by atoms with E-state index in [0.29, 0.717) is 6.54 Å². The Kier molecular flexibility index (Phi) is 6.22. The third-order valence-corrected chi connectivity index (χ3v) is 4.92. The van der Waals surface area contributed by atoms with Crippen LogP contribution >= 0.6 is 11.3 Å². The van der Waals surface area contributed by atoms with Crippen LogP contribution in [0.2, 0.25) is 0 Å². The van der Waals surface area contributed by atoms with E-state index >= 15 is 0 Å². The lowest BCUT2D eigenvalue weighted by Crippen LogP contribution is -2.31. The molecule has 0 bridgehead atoms. The molecule has 0 spiro atoms. The van der Waals surface area contributed by atoms with Crippen molar-refractivity contribution in [3.63, 3.8) is 0 Å². The van der Waals surface area contributed by atoms with Crippen molar-refractivity contribution in [1.82, 2.24) is 10.3 Å². The van der Waals surface area contributed by atoms with Crippen molar-refractivity contribution in [3.8, 4) is 0 Å². The summed E-state index contributed by atoms with van der Waals surface area (Å²) in [6, 6.07) is -0.0472. The number of thiazole rings is 1. The second-order valence-corrected chi connectivity index (χ2v) is 7.93. The Hall–Kier alpha value is -0.660. The molecule has 1 atom stereocenters. The summed E-state index contributed by atoms with van der Waals surface area (Å²) in [6.07, 6.45) is 3.12. The fourth-order valence-corrected chi connectivity index (χ4v) is 3.82. The van der Waals surface area contributed by atoms with Gasteiger partial charge in [0, 0.05) is 43.0 Å². The Bertz CT molecular complexity index is 481. The maximum absolute atomic E-state index is 11.2. The maximum Gasteiger partial charge on any atom is 0.185 e. The summed E-state index contributed by atoms with van der Waals surface area (Å²) in [5.41, 5.74) is 0. The Morgan fingerprint density at radius 1 is 1.42 bits per heavy atom. The van der Waals surface area contributed by atoms with Crippen LogP contribution in [0.4, 0.5) is 5.13 Å². The van der Waals surface area contributed by atoms with Gasteiger partial charge in [0.2, 0.25) is 0 Å². The molecule has 0 saturated carbocycles. The minimum atomic E-state index is -2.93. The first-order chi connectivity index (χ1) is 8.85. The lowest BCUT2D eigenvalue weighted by molar-refractivity contribution is 0.562. The molecule has 0 fully saturated rings. The molecule has 0 saturated heterocycles. The van der Waals surface area contributed by atoms with E-state index in [1.807, 2.05) is 13.1 Å². The summed E-state index contributed by atoms with van der Waals surface area (Å²) >= 11 is 1.65. The van der Waals surface area contributed by atoms with Crippen molar-refractivity contribution >= 4 is 26.3 Å². The molecular weight excluding hydrogens is 282 g/mol. The summed E-state index contributed by atoms with van der Waals surface area (Å²) in [5, 5.41) is 4.24. The average Bonchev–Trinajstić information content (AvgIpc) is 2.75. The molecular formula is C12H23N3O2S2. The molecule has 0 aliphatic carbocycles. The Morgan fingerprint density at radius 2 is 2.05 bits per heavy atom. The third kappa shape index (κ3) is 5.88. The highest BCUT2D eigenvalue weighted by atomic mass is 32.2. The molecule has 5 nitrogen and oxygen atoms in total. The van der Waals surface area contributed by atoms with E-state index in [-0.39, 0.29) is 11.8 Å². The molecule has 0 aromatic carbocycles. The van der Waals surface area contributed by atoms with Gasteiger partial charge >= 0.3 is 0 Å². The highest BCUT2D eigenvalue weighted by Gasteiger charge is 2.11. The Labute approximate surface area is 120 Å². The monoisotopic (exact) mass is 305 g/mol. The molecule has 0 aliphatic heterocycles. The Morgan fingerprint density at radius 3 is 2.58 bits per heavy atom. The van der Waals surface area contributed by atoms with Gasteiger partial charge in [-0.2, -0.15) is 0 Å². The zero-order chi connectivity index (χ0) is 14.5. The number of nitrogens with zero attached hydrogens (tertiary/aromatic N) is 2. The van der Waals surface area contributed by atoms with E-state index < -0.39 is 9.84 Å². The van der Waals surface area contributed by atoms with E-state index in [4.69, 9.17) is 0 Å². The molecule has 0 amide bonds. The van der Waals surface area contributed by atoms with Gasteiger partial charge in [0.15, 0.2) is 5.13 Å². The van der Waals surface area contributed by atoms with Crippen LogP contribution in [0.3, 0.4) is 0 Å². The van der Waals surface area contributed by atoms with Crippen LogP contribution in [0.25, 0.3) is 0 Å². The lowest BCUT2D eigenvalue weighted by atomic mass is 10.4. The van der Waals surface area contributed by atoms with E-state index in [1.54, 1.807) is 11.3 Å². The fraction of sp³-hybridized carbons (Fsp3) is 0.750. The molecule has 1 aromatic rings. The third-order valence-electron chi connectivity index (χ3n) is 2.75. The number of hydrogen-bond donors (Lipinski definition) is 1. The molecule has 1 unspecified atom stereocenters. The fourth-order valence-electron chi connectivity index (χ4n) is 1.81. The minimum Gasteiger partial charge on any atom is -0.349 e. The number of anilines is 1. The SMILES string of the molecule is CCN(CC)c1ncc(CNC(C)CS(C)(=O)=O)s1. The van der Waals surface area contributed by atoms with Gasteiger partial charge in [0.1, 0.15) is 9.84 Å². The minimum absolute atomic E-state index is 0.0472. The quantitative estimate of drug-likeness (QED) is 0.789. The number of hydrogen-bond acceptors (Lipinski definition) is 6. The molecule has 7 heteroatoms. The molecule has 1 N–H and O–H groups in total. The van der Waals surface area contributed by atoms with Crippen LogP contribution in [0, 0.1) is 0 Å². The smallest absolute Gasteiger partial charge is 0.185 e. The van der Waals surface area contributed by atoms with Gasteiger partial charge in [-0.25, -0.2) is 13.4 Å². The zero-order valence-corrected chi connectivity index (χ0v) is 13.6. The van der Waals surface area contributed by atoms with Crippen molar-refractivity contribution in [3.05, 3.63) is 11.1 Å². The first-order valence-electron chi connectivity index (χ1n) is 6.46. The molecule has 1 rings (SSSR count). The molecule has 0 radical (unpaired) electrons. The van der Waals surface area contributed by atoms with Gasteiger partial charge in [0.05, 0.1) is 5.75 Å². The first-order valence-corrected chi connectivity index (χ1v) is 9.34. The summed E-state index contributed by atoms with van der Waals surface area (Å²) < 4.78 is 22.3. The second kappa shape index (κ2) is 7.21. The van der Waals surface area contributed by atoms with E-state index in [1.165, 1.54) is 6.26 Å².